The van der Waals surface area contributed by atoms with Crippen LogP contribution in [0.25, 0.3) is 0 Å². The number of hydrogen-bond acceptors (Lipinski definition) is 5. The molecule has 1 heterocycles. The van der Waals surface area contributed by atoms with E-state index in [1.54, 1.807) is 13.8 Å². The van der Waals surface area contributed by atoms with Crippen molar-refractivity contribution in [1.82, 2.24) is 9.88 Å². The minimum atomic E-state index is -3.56. The standard InChI is InChI=1S/C12H20N2O4S/c1-8-12(9(2)18-14-8)19(16,17)13-7-10-3-5-11(15)6-4-10/h10-11,13,15H,3-7H2,1-2H3. The summed E-state index contributed by atoms with van der Waals surface area (Å²) < 4.78 is 31.9. The average Bonchev–Trinajstić information content (AvgIpc) is 2.69. The second-order valence-corrected chi connectivity index (χ2v) is 6.88. The molecule has 19 heavy (non-hydrogen) atoms. The predicted molar refractivity (Wildman–Crippen MR) is 69.1 cm³/mol. The Hall–Kier alpha value is -0.920. The van der Waals surface area contributed by atoms with Crippen molar-refractivity contribution >= 4 is 10.0 Å². The van der Waals surface area contributed by atoms with Gasteiger partial charge < -0.3 is 9.63 Å². The van der Waals surface area contributed by atoms with E-state index in [4.69, 9.17) is 4.52 Å². The molecule has 2 rings (SSSR count). The number of hydrogen-bond donors (Lipinski definition) is 2. The number of aryl methyl sites for hydroxylation is 2. The largest absolute Gasteiger partial charge is 0.393 e. The maximum Gasteiger partial charge on any atom is 0.245 e. The van der Waals surface area contributed by atoms with Crippen molar-refractivity contribution in [1.29, 1.82) is 0 Å². The van der Waals surface area contributed by atoms with Gasteiger partial charge in [0.05, 0.1) is 6.10 Å². The number of sulfonamides is 1. The minimum Gasteiger partial charge on any atom is -0.393 e. The molecule has 0 amide bonds. The van der Waals surface area contributed by atoms with Gasteiger partial charge in [0, 0.05) is 6.54 Å². The highest BCUT2D eigenvalue weighted by molar-refractivity contribution is 7.89. The van der Waals surface area contributed by atoms with E-state index in [1.807, 2.05) is 0 Å². The van der Waals surface area contributed by atoms with Crippen LogP contribution in [0.1, 0.15) is 37.1 Å². The van der Waals surface area contributed by atoms with E-state index in [2.05, 4.69) is 9.88 Å². The highest BCUT2D eigenvalue weighted by atomic mass is 32.2. The third-order valence-electron chi connectivity index (χ3n) is 3.61. The van der Waals surface area contributed by atoms with Gasteiger partial charge in [-0.2, -0.15) is 0 Å². The third-order valence-corrected chi connectivity index (χ3v) is 5.28. The van der Waals surface area contributed by atoms with E-state index in [-0.39, 0.29) is 11.0 Å². The van der Waals surface area contributed by atoms with Crippen LogP contribution in [0.2, 0.25) is 0 Å². The van der Waals surface area contributed by atoms with Crippen LogP contribution in [0.15, 0.2) is 9.42 Å². The summed E-state index contributed by atoms with van der Waals surface area (Å²) in [5.74, 6) is 0.600. The van der Waals surface area contributed by atoms with Crippen molar-refractivity contribution in [3.8, 4) is 0 Å². The fourth-order valence-corrected chi connectivity index (χ4v) is 3.95. The van der Waals surface area contributed by atoms with Crippen LogP contribution in [0.4, 0.5) is 0 Å². The molecule has 6 nitrogen and oxygen atoms in total. The normalized spacial score (nSPS) is 24.6. The molecule has 0 aliphatic heterocycles. The highest BCUT2D eigenvalue weighted by Crippen LogP contribution is 2.24. The maximum atomic E-state index is 12.2. The van der Waals surface area contributed by atoms with Gasteiger partial charge in [-0.25, -0.2) is 13.1 Å². The van der Waals surface area contributed by atoms with Crippen molar-refractivity contribution < 1.29 is 18.0 Å². The molecule has 1 aliphatic rings. The fourth-order valence-electron chi connectivity index (χ4n) is 2.51. The molecule has 1 aromatic heterocycles. The second kappa shape index (κ2) is 5.60. The monoisotopic (exact) mass is 288 g/mol. The zero-order valence-corrected chi connectivity index (χ0v) is 12.0. The first-order chi connectivity index (χ1) is 8.90. The molecule has 1 fully saturated rings. The first-order valence-corrected chi connectivity index (χ1v) is 7.99. The van der Waals surface area contributed by atoms with E-state index in [1.165, 1.54) is 0 Å². The topological polar surface area (TPSA) is 92.4 Å². The Balaban J connectivity index is 1.99. The van der Waals surface area contributed by atoms with Gasteiger partial charge in [0.2, 0.25) is 10.0 Å². The van der Waals surface area contributed by atoms with Crippen LogP contribution in [0, 0.1) is 19.8 Å². The number of aliphatic hydroxyl groups is 1. The minimum absolute atomic E-state index is 0.142. The summed E-state index contributed by atoms with van der Waals surface area (Å²) in [5.41, 5.74) is 0.379. The summed E-state index contributed by atoms with van der Waals surface area (Å²) in [5, 5.41) is 13.1. The molecule has 0 spiro atoms. The van der Waals surface area contributed by atoms with Crippen LogP contribution < -0.4 is 4.72 Å². The van der Waals surface area contributed by atoms with Gasteiger partial charge in [0.15, 0.2) is 5.76 Å². The van der Waals surface area contributed by atoms with Gasteiger partial charge in [0.1, 0.15) is 10.6 Å². The highest BCUT2D eigenvalue weighted by Gasteiger charge is 2.26. The number of aromatic nitrogens is 1. The van der Waals surface area contributed by atoms with Crippen LogP contribution in [-0.4, -0.2) is 31.3 Å². The molecule has 0 aromatic carbocycles. The van der Waals surface area contributed by atoms with Crippen LogP contribution in [0.5, 0.6) is 0 Å². The van der Waals surface area contributed by atoms with Crippen LogP contribution >= 0.6 is 0 Å². The molecular formula is C12H20N2O4S. The summed E-state index contributed by atoms with van der Waals surface area (Å²) in [7, 11) is -3.56. The Morgan fingerprint density at radius 2 is 1.95 bits per heavy atom. The van der Waals surface area contributed by atoms with Gasteiger partial charge in [-0.05, 0) is 45.4 Å². The molecule has 0 unspecified atom stereocenters. The first-order valence-electron chi connectivity index (χ1n) is 6.50. The first kappa shape index (κ1) is 14.5. The number of nitrogens with zero attached hydrogens (tertiary/aromatic N) is 1. The van der Waals surface area contributed by atoms with Crippen molar-refractivity contribution in [3.05, 3.63) is 11.5 Å². The van der Waals surface area contributed by atoms with Gasteiger partial charge in [-0.1, -0.05) is 5.16 Å². The lowest BCUT2D eigenvalue weighted by Gasteiger charge is -2.25. The lowest BCUT2D eigenvalue weighted by atomic mass is 9.88. The summed E-state index contributed by atoms with van der Waals surface area (Å²) in [6.07, 6.45) is 2.97. The Morgan fingerprint density at radius 1 is 1.32 bits per heavy atom. The van der Waals surface area contributed by atoms with Gasteiger partial charge in [-0.15, -0.1) is 0 Å². The van der Waals surface area contributed by atoms with Crippen LogP contribution in [-0.2, 0) is 10.0 Å². The third kappa shape index (κ3) is 3.34. The molecule has 1 saturated carbocycles. The van der Waals surface area contributed by atoms with Crippen molar-refractivity contribution in [2.45, 2.75) is 50.5 Å². The molecule has 0 radical (unpaired) electrons. The molecule has 108 valence electrons. The summed E-state index contributed by atoms with van der Waals surface area (Å²) >= 11 is 0. The Bertz CT molecular complexity index is 510. The van der Waals surface area contributed by atoms with E-state index in [9.17, 15) is 13.5 Å². The Kier molecular flexibility index (Phi) is 4.27. The zero-order chi connectivity index (χ0) is 14.0. The molecule has 7 heteroatoms. The number of aliphatic hydroxyl groups excluding tert-OH is 1. The van der Waals surface area contributed by atoms with Crippen molar-refractivity contribution in [3.63, 3.8) is 0 Å². The molecule has 0 bridgehead atoms. The van der Waals surface area contributed by atoms with Gasteiger partial charge in [0.25, 0.3) is 0 Å². The van der Waals surface area contributed by atoms with E-state index in [0.29, 0.717) is 23.9 Å². The van der Waals surface area contributed by atoms with E-state index >= 15 is 0 Å². The predicted octanol–water partition coefficient (Wildman–Crippen LogP) is 1.12. The van der Waals surface area contributed by atoms with E-state index < -0.39 is 10.0 Å². The lowest BCUT2D eigenvalue weighted by molar-refractivity contribution is 0.109. The van der Waals surface area contributed by atoms with Gasteiger partial charge in [-0.3, -0.25) is 0 Å². The zero-order valence-electron chi connectivity index (χ0n) is 11.2. The molecule has 0 atom stereocenters. The van der Waals surface area contributed by atoms with E-state index in [0.717, 1.165) is 25.7 Å². The molecule has 1 aliphatic carbocycles. The second-order valence-electron chi connectivity index (χ2n) is 5.18. The summed E-state index contributed by atoms with van der Waals surface area (Å²) in [6.45, 7) is 3.60. The number of nitrogens with one attached hydrogen (secondary N) is 1. The quantitative estimate of drug-likeness (QED) is 0.866. The SMILES string of the molecule is Cc1noc(C)c1S(=O)(=O)NCC1CCC(O)CC1. The molecule has 0 saturated heterocycles. The molecule has 2 N–H and O–H groups in total. The summed E-state index contributed by atoms with van der Waals surface area (Å²) in [4.78, 5) is 0.142. The van der Waals surface area contributed by atoms with Crippen molar-refractivity contribution in [2.75, 3.05) is 6.54 Å². The maximum absolute atomic E-state index is 12.2. The lowest BCUT2D eigenvalue weighted by Crippen LogP contribution is -2.32. The molecule has 1 aromatic rings. The smallest absolute Gasteiger partial charge is 0.245 e. The van der Waals surface area contributed by atoms with Gasteiger partial charge >= 0.3 is 0 Å². The number of rotatable bonds is 4. The molecular weight excluding hydrogens is 268 g/mol. The summed E-state index contributed by atoms with van der Waals surface area (Å²) in [6, 6.07) is 0. The fraction of sp³-hybridized carbons (Fsp3) is 0.750. The Labute approximate surface area is 113 Å². The van der Waals surface area contributed by atoms with Crippen molar-refractivity contribution in [2.24, 2.45) is 5.92 Å². The van der Waals surface area contributed by atoms with Crippen LogP contribution in [0.3, 0.4) is 0 Å². The average molecular weight is 288 g/mol. The Morgan fingerprint density at radius 3 is 2.47 bits per heavy atom.